The molecule has 0 aliphatic carbocycles. The SMILES string of the molecule is CC(=O)Cc1cc(Cn2c(C)nc3c(C)cc(C)nc32)ccc1-c1ccccc1S(=O)(=O)Nc1onc(C)c1C. The Morgan fingerprint density at radius 1 is 0.975 bits per heavy atom. The maximum Gasteiger partial charge on any atom is 0.264 e. The highest BCUT2D eigenvalue weighted by molar-refractivity contribution is 7.92. The predicted octanol–water partition coefficient (Wildman–Crippen LogP) is 5.61. The van der Waals surface area contributed by atoms with Crippen LogP contribution in [0.3, 0.4) is 0 Å². The highest BCUT2D eigenvalue weighted by Gasteiger charge is 2.24. The van der Waals surface area contributed by atoms with Gasteiger partial charge in [0.25, 0.3) is 10.0 Å². The van der Waals surface area contributed by atoms with Gasteiger partial charge >= 0.3 is 0 Å². The Morgan fingerprint density at radius 3 is 2.42 bits per heavy atom. The summed E-state index contributed by atoms with van der Waals surface area (Å²) in [6, 6.07) is 14.5. The summed E-state index contributed by atoms with van der Waals surface area (Å²) in [6.45, 7) is 11.5. The van der Waals surface area contributed by atoms with Crippen molar-refractivity contribution in [3.8, 4) is 11.1 Å². The zero-order valence-electron chi connectivity index (χ0n) is 23.4. The number of hydrogen-bond donors (Lipinski definition) is 1. The third-order valence-electron chi connectivity index (χ3n) is 7.01. The van der Waals surface area contributed by atoms with Crippen molar-refractivity contribution < 1.29 is 17.7 Å². The largest absolute Gasteiger partial charge is 0.337 e. The molecule has 10 heteroatoms. The monoisotopic (exact) mass is 557 g/mol. The van der Waals surface area contributed by atoms with Crippen LogP contribution in [0.4, 0.5) is 5.88 Å². The van der Waals surface area contributed by atoms with Gasteiger partial charge in [0.2, 0.25) is 5.88 Å². The molecular weight excluding hydrogens is 526 g/mol. The molecule has 0 aliphatic heterocycles. The molecule has 0 radical (unpaired) electrons. The maximum atomic E-state index is 13.5. The molecule has 0 bridgehead atoms. The van der Waals surface area contributed by atoms with Crippen LogP contribution in [0, 0.1) is 34.6 Å². The number of aryl methyl sites for hydroxylation is 4. The third-order valence-corrected chi connectivity index (χ3v) is 8.40. The minimum atomic E-state index is -4.03. The first kappa shape index (κ1) is 27.3. The number of aromatic nitrogens is 4. The lowest BCUT2D eigenvalue weighted by atomic mass is 9.94. The molecule has 1 N–H and O–H groups in total. The fourth-order valence-corrected chi connectivity index (χ4v) is 6.19. The number of pyridine rings is 1. The van der Waals surface area contributed by atoms with E-state index in [1.165, 1.54) is 6.92 Å². The van der Waals surface area contributed by atoms with E-state index in [0.717, 1.165) is 39.4 Å². The zero-order valence-corrected chi connectivity index (χ0v) is 24.2. The molecule has 0 saturated heterocycles. The summed E-state index contributed by atoms with van der Waals surface area (Å²) in [5.74, 6) is 0.893. The Kier molecular flexibility index (Phi) is 7.05. The van der Waals surface area contributed by atoms with E-state index in [2.05, 4.69) is 14.4 Å². The van der Waals surface area contributed by atoms with Crippen molar-refractivity contribution in [2.75, 3.05) is 4.72 Å². The van der Waals surface area contributed by atoms with Crippen LogP contribution in [0.2, 0.25) is 0 Å². The molecule has 206 valence electrons. The van der Waals surface area contributed by atoms with Gasteiger partial charge in [-0.2, -0.15) is 0 Å². The van der Waals surface area contributed by atoms with Gasteiger partial charge in [0.1, 0.15) is 17.1 Å². The van der Waals surface area contributed by atoms with E-state index in [1.807, 2.05) is 45.0 Å². The smallest absolute Gasteiger partial charge is 0.264 e. The topological polar surface area (TPSA) is 120 Å². The van der Waals surface area contributed by atoms with Gasteiger partial charge in [-0.05, 0) is 75.9 Å². The molecule has 2 aromatic carbocycles. The van der Waals surface area contributed by atoms with E-state index in [-0.39, 0.29) is 23.0 Å². The molecule has 0 saturated carbocycles. The van der Waals surface area contributed by atoms with Crippen molar-refractivity contribution in [1.82, 2.24) is 19.7 Å². The van der Waals surface area contributed by atoms with Crippen LogP contribution in [0.25, 0.3) is 22.3 Å². The number of imidazole rings is 1. The first-order valence-electron chi connectivity index (χ1n) is 12.9. The average Bonchev–Trinajstić information content (AvgIpc) is 3.37. The number of fused-ring (bicyclic) bond motifs is 1. The van der Waals surface area contributed by atoms with Crippen molar-refractivity contribution in [2.24, 2.45) is 0 Å². The van der Waals surface area contributed by atoms with E-state index < -0.39 is 10.0 Å². The number of nitrogens with zero attached hydrogens (tertiary/aromatic N) is 4. The van der Waals surface area contributed by atoms with Gasteiger partial charge in [-0.25, -0.2) is 23.1 Å². The highest BCUT2D eigenvalue weighted by atomic mass is 32.2. The van der Waals surface area contributed by atoms with E-state index in [9.17, 15) is 13.2 Å². The lowest BCUT2D eigenvalue weighted by Crippen LogP contribution is -2.15. The van der Waals surface area contributed by atoms with Crippen LogP contribution in [0.1, 0.15) is 46.4 Å². The molecule has 0 atom stereocenters. The predicted molar refractivity (Wildman–Crippen MR) is 154 cm³/mol. The number of hydrogen-bond acceptors (Lipinski definition) is 7. The normalized spacial score (nSPS) is 11.8. The number of rotatable bonds is 8. The molecule has 0 aliphatic rings. The first-order valence-corrected chi connectivity index (χ1v) is 14.4. The van der Waals surface area contributed by atoms with Crippen LogP contribution in [0.15, 0.2) is 57.9 Å². The second-order valence-electron chi connectivity index (χ2n) is 10.2. The Balaban J connectivity index is 1.58. The van der Waals surface area contributed by atoms with E-state index in [4.69, 9.17) is 14.5 Å². The fraction of sp³-hybridized carbons (Fsp3) is 0.267. The molecule has 5 rings (SSSR count). The molecule has 3 aromatic heterocycles. The van der Waals surface area contributed by atoms with Crippen molar-refractivity contribution in [2.45, 2.75) is 59.4 Å². The lowest BCUT2D eigenvalue weighted by molar-refractivity contribution is -0.116. The van der Waals surface area contributed by atoms with E-state index in [1.54, 1.807) is 38.1 Å². The summed E-state index contributed by atoms with van der Waals surface area (Å²) < 4.78 is 36.8. The maximum absolute atomic E-state index is 13.5. The Bertz CT molecular complexity index is 1890. The van der Waals surface area contributed by atoms with Gasteiger partial charge in [0.05, 0.1) is 17.1 Å². The van der Waals surface area contributed by atoms with Crippen LogP contribution in [0.5, 0.6) is 0 Å². The first-order chi connectivity index (χ1) is 18.9. The Hall–Kier alpha value is -4.31. The molecule has 5 aromatic rings. The summed E-state index contributed by atoms with van der Waals surface area (Å²) in [5, 5.41) is 3.85. The standard InChI is InChI=1S/C30H31N5O4S/c1-17-13-18(2)31-29-28(17)32-22(6)35(29)16-23-11-12-25(24(15-23)14-19(3)36)26-9-7-8-10-27(26)40(37,38)34-30-20(4)21(5)33-39-30/h7-13,15,34H,14,16H2,1-6H3. The minimum absolute atomic E-state index is 0.0261. The van der Waals surface area contributed by atoms with Crippen LogP contribution >= 0.6 is 0 Å². The molecule has 40 heavy (non-hydrogen) atoms. The summed E-state index contributed by atoms with van der Waals surface area (Å²) in [6.07, 6.45) is 0.158. The van der Waals surface area contributed by atoms with Gasteiger partial charge in [-0.1, -0.05) is 41.6 Å². The highest BCUT2D eigenvalue weighted by Crippen LogP contribution is 2.33. The van der Waals surface area contributed by atoms with Crippen molar-refractivity contribution >= 4 is 32.9 Å². The molecular formula is C30H31N5O4S. The van der Waals surface area contributed by atoms with Gasteiger partial charge in [-0.15, -0.1) is 0 Å². The summed E-state index contributed by atoms with van der Waals surface area (Å²) in [4.78, 5) is 21.9. The van der Waals surface area contributed by atoms with Crippen LogP contribution < -0.4 is 4.72 Å². The molecule has 0 fully saturated rings. The van der Waals surface area contributed by atoms with Gasteiger partial charge in [-0.3, -0.25) is 4.79 Å². The second-order valence-corrected chi connectivity index (χ2v) is 11.8. The molecule has 9 nitrogen and oxygen atoms in total. The lowest BCUT2D eigenvalue weighted by Gasteiger charge is -2.16. The van der Waals surface area contributed by atoms with Gasteiger partial charge < -0.3 is 9.09 Å². The summed E-state index contributed by atoms with van der Waals surface area (Å²) >= 11 is 0. The molecule has 0 amide bonds. The van der Waals surface area contributed by atoms with Gasteiger partial charge in [0.15, 0.2) is 5.65 Å². The number of sulfonamides is 1. The van der Waals surface area contributed by atoms with Crippen molar-refractivity contribution in [1.29, 1.82) is 0 Å². The quantitative estimate of drug-likeness (QED) is 0.263. The fourth-order valence-electron chi connectivity index (χ4n) is 4.92. The Morgan fingerprint density at radius 2 is 1.73 bits per heavy atom. The number of benzene rings is 2. The summed E-state index contributed by atoms with van der Waals surface area (Å²) in [7, 11) is -4.03. The second kappa shape index (κ2) is 10.3. The van der Waals surface area contributed by atoms with Crippen LogP contribution in [-0.2, 0) is 27.8 Å². The molecule has 3 heterocycles. The Labute approximate surface area is 233 Å². The number of ketones is 1. The number of carbonyl (C=O) groups is 1. The van der Waals surface area contributed by atoms with E-state index >= 15 is 0 Å². The van der Waals surface area contributed by atoms with Crippen molar-refractivity contribution in [3.63, 3.8) is 0 Å². The zero-order chi connectivity index (χ0) is 28.8. The average molecular weight is 558 g/mol. The van der Waals surface area contributed by atoms with Crippen molar-refractivity contribution in [3.05, 3.63) is 88.0 Å². The number of nitrogens with one attached hydrogen (secondary N) is 1. The summed E-state index contributed by atoms with van der Waals surface area (Å²) in [5.41, 5.74) is 7.74. The van der Waals surface area contributed by atoms with Crippen LogP contribution in [-0.4, -0.2) is 33.9 Å². The molecule has 0 unspecified atom stereocenters. The minimum Gasteiger partial charge on any atom is -0.337 e. The van der Waals surface area contributed by atoms with E-state index in [0.29, 0.717) is 28.9 Å². The number of carbonyl (C=O) groups excluding carboxylic acids is 1. The third kappa shape index (κ3) is 5.14. The number of anilines is 1. The number of Topliss-reactive ketones (excluding diaryl/α,β-unsaturated/α-hetero) is 1. The van der Waals surface area contributed by atoms with Gasteiger partial charge in [0, 0.05) is 23.2 Å². The molecule has 0 spiro atoms.